The number of aliphatic hydroxyl groups is 4. The number of nitrogens with zero attached hydrogens (tertiary/aromatic N) is 2. The summed E-state index contributed by atoms with van der Waals surface area (Å²) in [7, 11) is -47.5. The fourth-order valence-corrected chi connectivity index (χ4v) is 16.6. The number of rotatable bonds is 39. The van der Waals surface area contributed by atoms with Gasteiger partial charge in [0.2, 0.25) is 41.6 Å². The molecule has 4 heterocycles. The molecule has 4 aliphatic heterocycles. The maximum atomic E-state index is 16.3. The van der Waals surface area contributed by atoms with Gasteiger partial charge in [0, 0.05) is 11.1 Å². The van der Waals surface area contributed by atoms with Crippen molar-refractivity contribution in [2.75, 3.05) is 26.4 Å². The van der Waals surface area contributed by atoms with Crippen LogP contribution in [0.2, 0.25) is 0 Å². The Morgan fingerprint density at radius 2 is 0.516 bits per heavy atom. The Morgan fingerprint density at radius 3 is 0.714 bits per heavy atom. The van der Waals surface area contributed by atoms with Crippen molar-refractivity contribution in [3.8, 4) is 11.1 Å². The Hall–Kier alpha value is -3.26. The largest absolute Gasteiger partial charge is 1.00 e. The van der Waals surface area contributed by atoms with E-state index in [2.05, 4.69) is 16.7 Å². The summed E-state index contributed by atoms with van der Waals surface area (Å²) >= 11 is 0. The average Bonchev–Trinajstić information content (AvgIpc) is 0.739. The van der Waals surface area contributed by atoms with Crippen molar-refractivity contribution in [1.82, 2.24) is 9.80 Å². The molecule has 4 aliphatic rings. The van der Waals surface area contributed by atoms with Gasteiger partial charge in [-0.15, -0.1) is 0 Å². The minimum Gasteiger partial charge on any atom is -0.726 e. The third-order valence-corrected chi connectivity index (χ3v) is 21.9. The third kappa shape index (κ3) is 33.1. The van der Waals surface area contributed by atoms with Gasteiger partial charge in [0.15, 0.2) is 25.2 Å². The van der Waals surface area contributed by atoms with Gasteiger partial charge >= 0.3 is 160 Å². The van der Waals surface area contributed by atoms with Crippen LogP contribution in [0.25, 0.3) is 11.1 Å². The van der Waals surface area contributed by atoms with Crippen LogP contribution in [0.1, 0.15) is 43.0 Å². The molecule has 126 heavy (non-hydrogen) atoms. The second-order valence-electron chi connectivity index (χ2n) is 26.6. The molecule has 0 saturated carbocycles. The molecule has 0 radical (unpaired) electrons. The first-order chi connectivity index (χ1) is 57.0. The van der Waals surface area contributed by atoms with Crippen molar-refractivity contribution < 1.29 is 323 Å². The van der Waals surface area contributed by atoms with Gasteiger partial charge in [0.25, 0.3) is 11.8 Å². The Labute approximate surface area is 809 Å². The number of carbonyl (C=O) groups is 2. The number of aliphatic hydroxyl groups excluding tert-OH is 4. The Bertz CT molecular complexity index is 4900. The van der Waals surface area contributed by atoms with E-state index in [1.165, 1.54) is 121 Å². The fraction of sp³-hybridized carbons (Fsp3) is 0.424. The van der Waals surface area contributed by atoms with Gasteiger partial charge < -0.3 is 86.3 Å². The van der Waals surface area contributed by atoms with E-state index in [1.807, 2.05) is 0 Å². The number of carbonyl (C=O) groups excluding carboxylic acids is 2. The van der Waals surface area contributed by atoms with Gasteiger partial charge in [0.1, 0.15) is 97.4 Å². The molecule has 4 saturated heterocycles. The van der Waals surface area contributed by atoms with Gasteiger partial charge in [-0.1, -0.05) is 146 Å². The Morgan fingerprint density at radius 1 is 0.302 bits per heavy atom. The van der Waals surface area contributed by atoms with Gasteiger partial charge in [0.05, 0.1) is 52.9 Å². The van der Waals surface area contributed by atoms with Gasteiger partial charge in [-0.2, -0.15) is 33.7 Å². The van der Waals surface area contributed by atoms with E-state index in [-0.39, 0.29) is 161 Å². The number of hydrogen-bond acceptors (Lipinski definition) is 42. The summed E-state index contributed by atoms with van der Waals surface area (Å²) in [6, 6.07) is 25.8. The molecule has 20 atom stereocenters. The summed E-state index contributed by atoms with van der Waals surface area (Å²) in [4.78, 5) is 33.0. The normalized spacial score (nSPS) is 26.9. The zero-order valence-electron chi connectivity index (χ0n) is 65.6. The number of ether oxygens (including phenoxy) is 8. The Balaban J connectivity index is 0.00000613. The minimum atomic E-state index is -6.34. The second kappa shape index (κ2) is 47.8. The summed E-state index contributed by atoms with van der Waals surface area (Å²) in [6.45, 7) is -9.13. The van der Waals surface area contributed by atoms with Crippen molar-refractivity contribution >= 4 is 95.0 Å². The number of benzene rings is 6. The Kier molecular flexibility index (Phi) is 42.3. The molecule has 60 heteroatoms. The molecule has 6 aromatic rings. The SMILES string of the molecule is O=C(c1ccc(-c2ccc(C(=O)N([C@@H]3[C@@H](OCc4ccccc4)O[C@H](COS(=O)(=O)O)[C@@H](O)[C@@H]3OS(=O)(=O)O)[C@@H]3[C@@H](OCc4ccccc4)O[C@H](COS(=O)(=O)O)[C@@H](O)[C@@H]3OS(=O)(=O)O)cc2)cc1)N([C@@H]1[C@@H](OCc2ccccc2)O[C@H](COS(=O)(=O)[O-])[C@@H](O)[C@@H]1OS(=O)(=O)[O-])[C@@H]1[C@@H](OCc2ccccc2)O[C@H](COS(=O)(=O)[O-])[C@@H](O)[C@@H]1OS(=O)(=O)[O-].[Na+].[Na+].[Na+].[Na+]. The maximum Gasteiger partial charge on any atom is 1.00 e. The van der Waals surface area contributed by atoms with E-state index in [4.69, 9.17) is 54.6 Å². The monoisotopic (exact) mass is 1980 g/mol. The van der Waals surface area contributed by atoms with Crippen molar-refractivity contribution in [2.45, 2.75) is 149 Å². The molecule has 10 rings (SSSR count). The molecular weight excluding hydrogens is 1910 g/mol. The fourth-order valence-electron chi connectivity index (χ4n) is 13.3. The van der Waals surface area contributed by atoms with Crippen LogP contribution in [0.15, 0.2) is 170 Å². The van der Waals surface area contributed by atoms with Crippen molar-refractivity contribution in [2.24, 2.45) is 0 Å². The molecule has 0 aliphatic carbocycles. The zero-order chi connectivity index (χ0) is 89.2. The second-order valence-corrected chi connectivity index (χ2v) is 35.0. The summed E-state index contributed by atoms with van der Waals surface area (Å²) in [5.41, 5.74) is -0.917. The van der Waals surface area contributed by atoms with Crippen LogP contribution in [-0.4, -0.2) is 295 Å². The van der Waals surface area contributed by atoms with Crippen LogP contribution in [0.4, 0.5) is 0 Å². The number of hydrogen-bond donors (Lipinski definition) is 8. The topological polar surface area (TPSA) is 716 Å². The van der Waals surface area contributed by atoms with Gasteiger partial charge in [-0.25, -0.2) is 50.4 Å². The number of amides is 2. The third-order valence-electron chi connectivity index (χ3n) is 18.4. The van der Waals surface area contributed by atoms with Gasteiger partial charge in [-0.3, -0.25) is 44.5 Å². The van der Waals surface area contributed by atoms with E-state index in [0.29, 0.717) is 0 Å². The smallest absolute Gasteiger partial charge is 0.726 e. The quantitative estimate of drug-likeness (QED) is 0.0101. The van der Waals surface area contributed by atoms with Gasteiger partial charge in [-0.05, 0) is 57.6 Å². The van der Waals surface area contributed by atoms with E-state index >= 15 is 9.59 Å². The first-order valence-corrected chi connectivity index (χ1v) is 45.6. The molecule has 2 amide bonds. The van der Waals surface area contributed by atoms with Crippen molar-refractivity contribution in [3.05, 3.63) is 203 Å². The molecule has 48 nitrogen and oxygen atoms in total. The standard InChI is InChI=1S/C66H76N2O46S8.4Na/c69-53-45(33-103-115(75,76)77)107-63(99-29-37-13-5-1-6-14-37)49(57(53)111-119(87,88)89)67(50-58(112-120(90,91)92)54(70)46(34-104-116(78,79)80)108-64(50)100-30-38-15-7-2-8-16-38)61(73)43-25-21-41(22-26-43)42-23-27-44(28-24-42)62(74)68(51-59(113-121(93,94)95)55(71)47(35-105-117(81,82)83)109-65(51)101-31-39-17-9-3-10-18-39)52-60(114-122(96,97)98)56(72)48(36-106-118(84,85)86)110-66(52)102-32-40-19-11-4-12-20-40;;;;/h1-28,45-60,63-66,69-72H,29-36H2,(H,75,76,77)(H,78,79,80)(H,81,82,83)(H,84,85,86)(H,87,88,89)(H,90,91,92)(H,93,94,95)(H,96,97,98);;;;/q;4*+1/p-4/t45-,46-,47-,48-,49+,50+,51+,52+,53-,54-,55-,56-,57-,58-,59-,60-,63+,64+,65+,66+;;;;/m1..../s1. The zero-order valence-corrected chi connectivity index (χ0v) is 80.2. The minimum absolute atomic E-state index is 0. The first-order valence-electron chi connectivity index (χ1n) is 34.8. The molecule has 8 N–H and O–H groups in total. The van der Waals surface area contributed by atoms with Crippen LogP contribution >= 0.6 is 0 Å². The summed E-state index contributed by atoms with van der Waals surface area (Å²) < 4.78 is 377. The van der Waals surface area contributed by atoms with Crippen LogP contribution in [-0.2, 0) is 181 Å². The van der Waals surface area contributed by atoms with Crippen LogP contribution in [0.5, 0.6) is 0 Å². The van der Waals surface area contributed by atoms with E-state index < -0.39 is 282 Å². The molecule has 0 aromatic heterocycles. The van der Waals surface area contributed by atoms with Crippen LogP contribution in [0.3, 0.4) is 0 Å². The average molecular weight is 1980 g/mol. The predicted octanol–water partition coefficient (Wildman–Crippen LogP) is -14.4. The molecule has 4 fully saturated rings. The predicted molar refractivity (Wildman–Crippen MR) is 391 cm³/mol. The van der Waals surface area contributed by atoms with Crippen LogP contribution in [0, 0.1) is 0 Å². The molecule has 0 unspecified atom stereocenters. The molecule has 674 valence electrons. The van der Waals surface area contributed by atoms with E-state index in [0.717, 1.165) is 48.5 Å². The molecular formula is C66H72N2Na4O46S8. The molecule has 0 spiro atoms. The van der Waals surface area contributed by atoms with Crippen molar-refractivity contribution in [3.63, 3.8) is 0 Å². The summed E-state index contributed by atoms with van der Waals surface area (Å²) in [6.07, 6.45) is -42.6. The van der Waals surface area contributed by atoms with E-state index in [1.54, 1.807) is 0 Å². The molecule has 0 bridgehead atoms. The molecule has 6 aromatic carbocycles. The summed E-state index contributed by atoms with van der Waals surface area (Å²) in [5, 5.41) is 48.6. The maximum absolute atomic E-state index is 16.3. The first kappa shape index (κ1) is 111. The van der Waals surface area contributed by atoms with Crippen molar-refractivity contribution in [1.29, 1.82) is 0 Å². The van der Waals surface area contributed by atoms with Crippen LogP contribution < -0.4 is 118 Å². The summed E-state index contributed by atoms with van der Waals surface area (Å²) in [5.74, 6) is -3.35. The van der Waals surface area contributed by atoms with E-state index in [9.17, 15) is 124 Å².